The van der Waals surface area contributed by atoms with Crippen LogP contribution >= 0.6 is 24.2 Å². The van der Waals surface area contributed by atoms with E-state index in [9.17, 15) is 4.79 Å². The number of hydrogen-bond donors (Lipinski definition) is 3. The molecule has 6 heteroatoms. The molecule has 4 nitrogen and oxygen atoms in total. The molecule has 0 atom stereocenters. The van der Waals surface area contributed by atoms with E-state index in [-0.39, 0.29) is 0 Å². The highest BCUT2D eigenvalue weighted by atomic mass is 32.1. The van der Waals surface area contributed by atoms with Crippen molar-refractivity contribution in [1.29, 1.82) is 0 Å². The van der Waals surface area contributed by atoms with Gasteiger partial charge in [-0.2, -0.15) is 0 Å². The quantitative estimate of drug-likeness (QED) is 0.384. The zero-order chi connectivity index (χ0) is 10.1. The Balaban J connectivity index is 2.27. The number of hydrogen-bond acceptors (Lipinski definition) is 5. The standard InChI is InChI=1S/C8H10N2O2S2/c11-8(9-12)6-3-5-1-2-10(13)4-7(5)14-6/h3,12-13H,1-2,4H2,(H,9,11). The summed E-state index contributed by atoms with van der Waals surface area (Å²) in [7, 11) is 0. The SMILES string of the molecule is O=C(NO)c1cc2c(s1)CN(S)CC2. The van der Waals surface area contributed by atoms with E-state index in [2.05, 4.69) is 12.8 Å². The highest BCUT2D eigenvalue weighted by Gasteiger charge is 2.19. The third kappa shape index (κ3) is 1.78. The Morgan fingerprint density at radius 2 is 2.50 bits per heavy atom. The van der Waals surface area contributed by atoms with Gasteiger partial charge in [-0.05, 0) is 18.1 Å². The fraction of sp³-hybridized carbons (Fsp3) is 0.375. The number of carbonyl (C=O) groups is 1. The maximum Gasteiger partial charge on any atom is 0.284 e. The van der Waals surface area contributed by atoms with Gasteiger partial charge in [-0.25, -0.2) is 9.79 Å². The first-order valence-electron chi connectivity index (χ1n) is 4.20. The third-order valence-electron chi connectivity index (χ3n) is 2.19. The summed E-state index contributed by atoms with van der Waals surface area (Å²) >= 11 is 5.67. The Morgan fingerprint density at radius 1 is 1.71 bits per heavy atom. The molecule has 14 heavy (non-hydrogen) atoms. The Kier molecular flexibility index (Phi) is 2.78. The molecule has 0 bridgehead atoms. The van der Waals surface area contributed by atoms with Crippen LogP contribution in [0, 0.1) is 0 Å². The van der Waals surface area contributed by atoms with Crippen LogP contribution in [-0.2, 0) is 13.0 Å². The van der Waals surface area contributed by atoms with Gasteiger partial charge in [0.25, 0.3) is 5.91 Å². The van der Waals surface area contributed by atoms with Gasteiger partial charge in [0.2, 0.25) is 0 Å². The van der Waals surface area contributed by atoms with E-state index in [0.717, 1.165) is 24.4 Å². The van der Waals surface area contributed by atoms with Crippen molar-refractivity contribution in [3.63, 3.8) is 0 Å². The maximum absolute atomic E-state index is 11.1. The zero-order valence-electron chi connectivity index (χ0n) is 7.36. The smallest absolute Gasteiger partial charge is 0.284 e. The van der Waals surface area contributed by atoms with Crippen LogP contribution in [0.5, 0.6) is 0 Å². The molecular weight excluding hydrogens is 220 g/mol. The lowest BCUT2D eigenvalue weighted by Crippen LogP contribution is -2.20. The second-order valence-electron chi connectivity index (χ2n) is 3.14. The Labute approximate surface area is 91.0 Å². The number of carbonyl (C=O) groups excluding carboxylic acids is 1. The topological polar surface area (TPSA) is 52.6 Å². The van der Waals surface area contributed by atoms with Gasteiger partial charge in [-0.15, -0.1) is 11.3 Å². The first-order valence-corrected chi connectivity index (χ1v) is 5.42. The zero-order valence-corrected chi connectivity index (χ0v) is 9.07. The molecule has 0 fully saturated rings. The van der Waals surface area contributed by atoms with Crippen molar-refractivity contribution in [1.82, 2.24) is 9.79 Å². The van der Waals surface area contributed by atoms with Crippen LogP contribution in [0.25, 0.3) is 0 Å². The minimum absolute atomic E-state index is 0.435. The predicted octanol–water partition coefficient (Wildman–Crippen LogP) is 1.07. The summed E-state index contributed by atoms with van der Waals surface area (Å²) in [6.45, 7) is 1.66. The number of amides is 1. The predicted molar refractivity (Wildman–Crippen MR) is 56.7 cm³/mol. The van der Waals surface area contributed by atoms with Gasteiger partial charge in [0.1, 0.15) is 0 Å². The molecule has 1 amide bonds. The van der Waals surface area contributed by atoms with E-state index in [1.54, 1.807) is 5.48 Å². The van der Waals surface area contributed by atoms with E-state index in [4.69, 9.17) is 5.21 Å². The summed E-state index contributed by atoms with van der Waals surface area (Å²) in [4.78, 5) is 12.8. The molecule has 1 aliphatic rings. The molecule has 1 aliphatic heterocycles. The lowest BCUT2D eigenvalue weighted by Gasteiger charge is -2.20. The number of hydroxylamine groups is 1. The lowest BCUT2D eigenvalue weighted by molar-refractivity contribution is 0.0711. The van der Waals surface area contributed by atoms with Crippen LogP contribution in [0.15, 0.2) is 6.07 Å². The number of thiophene rings is 1. The van der Waals surface area contributed by atoms with Gasteiger partial charge in [-0.1, -0.05) is 12.8 Å². The van der Waals surface area contributed by atoms with Crippen LogP contribution in [0.2, 0.25) is 0 Å². The molecular formula is C8H10N2O2S2. The number of nitrogens with one attached hydrogen (secondary N) is 1. The number of fused-ring (bicyclic) bond motifs is 1. The summed E-state index contributed by atoms with van der Waals surface area (Å²) in [5.74, 6) is -0.435. The van der Waals surface area contributed by atoms with Crippen LogP contribution in [0.4, 0.5) is 0 Å². The summed E-state index contributed by atoms with van der Waals surface area (Å²) in [5.41, 5.74) is 2.83. The molecule has 0 saturated carbocycles. The van der Waals surface area contributed by atoms with Crippen molar-refractivity contribution in [3.8, 4) is 0 Å². The average Bonchev–Trinajstić information content (AvgIpc) is 2.59. The first-order chi connectivity index (χ1) is 6.70. The largest absolute Gasteiger partial charge is 0.288 e. The second-order valence-corrected chi connectivity index (χ2v) is 4.84. The minimum Gasteiger partial charge on any atom is -0.288 e. The van der Waals surface area contributed by atoms with Crippen LogP contribution in [-0.4, -0.2) is 22.0 Å². The third-order valence-corrected chi connectivity index (χ3v) is 3.69. The van der Waals surface area contributed by atoms with Crippen molar-refractivity contribution in [2.45, 2.75) is 13.0 Å². The van der Waals surface area contributed by atoms with Crippen molar-refractivity contribution < 1.29 is 10.0 Å². The average molecular weight is 230 g/mol. The lowest BCUT2D eigenvalue weighted by atomic mass is 10.1. The fourth-order valence-electron chi connectivity index (χ4n) is 1.47. The van der Waals surface area contributed by atoms with E-state index in [0.29, 0.717) is 4.88 Å². The van der Waals surface area contributed by atoms with Crippen LogP contribution in [0.1, 0.15) is 20.1 Å². The molecule has 76 valence electrons. The normalized spacial score (nSPS) is 16.4. The highest BCUT2D eigenvalue weighted by molar-refractivity contribution is 7.77. The van der Waals surface area contributed by atoms with Crippen molar-refractivity contribution in [2.24, 2.45) is 0 Å². The van der Waals surface area contributed by atoms with E-state index in [1.165, 1.54) is 16.9 Å². The Morgan fingerprint density at radius 3 is 3.21 bits per heavy atom. The first kappa shape index (κ1) is 9.97. The molecule has 1 aromatic heterocycles. The van der Waals surface area contributed by atoms with Gasteiger partial charge in [-0.3, -0.25) is 10.0 Å². The summed E-state index contributed by atoms with van der Waals surface area (Å²) < 4.78 is 1.92. The molecule has 2 rings (SSSR count). The Hall–Kier alpha value is -0.560. The minimum atomic E-state index is -0.435. The fourth-order valence-corrected chi connectivity index (χ4v) is 2.93. The second kappa shape index (κ2) is 3.90. The van der Waals surface area contributed by atoms with E-state index in [1.807, 2.05) is 10.4 Å². The van der Waals surface area contributed by atoms with Crippen molar-refractivity contribution >= 4 is 30.1 Å². The summed E-state index contributed by atoms with van der Waals surface area (Å²) in [5, 5.41) is 8.48. The molecule has 0 saturated heterocycles. The molecule has 0 aromatic carbocycles. The monoisotopic (exact) mass is 230 g/mol. The molecule has 1 aromatic rings. The van der Waals surface area contributed by atoms with Crippen molar-refractivity contribution in [2.75, 3.05) is 6.54 Å². The molecule has 0 radical (unpaired) electrons. The molecule has 0 aliphatic carbocycles. The van der Waals surface area contributed by atoms with Gasteiger partial charge in [0.15, 0.2) is 0 Å². The van der Waals surface area contributed by atoms with Gasteiger partial charge in [0, 0.05) is 18.0 Å². The molecule has 2 heterocycles. The van der Waals surface area contributed by atoms with E-state index >= 15 is 0 Å². The highest BCUT2D eigenvalue weighted by Crippen LogP contribution is 2.28. The molecule has 0 spiro atoms. The van der Waals surface area contributed by atoms with E-state index < -0.39 is 5.91 Å². The van der Waals surface area contributed by atoms with Gasteiger partial charge < -0.3 is 0 Å². The summed E-state index contributed by atoms with van der Waals surface area (Å²) in [6.07, 6.45) is 0.911. The van der Waals surface area contributed by atoms with Gasteiger partial charge >= 0.3 is 0 Å². The van der Waals surface area contributed by atoms with Crippen LogP contribution < -0.4 is 5.48 Å². The maximum atomic E-state index is 11.1. The van der Waals surface area contributed by atoms with Crippen LogP contribution in [0.3, 0.4) is 0 Å². The number of thiol groups is 1. The number of nitrogens with zero attached hydrogens (tertiary/aromatic N) is 1. The van der Waals surface area contributed by atoms with Gasteiger partial charge in [0.05, 0.1) is 4.88 Å². The Bertz CT molecular complexity index is 364. The van der Waals surface area contributed by atoms with Crippen molar-refractivity contribution in [3.05, 3.63) is 21.4 Å². The number of rotatable bonds is 1. The molecule has 0 unspecified atom stereocenters. The molecule has 2 N–H and O–H groups in total. The summed E-state index contributed by atoms with van der Waals surface area (Å²) in [6, 6.07) is 1.84.